The third-order valence-electron chi connectivity index (χ3n) is 4.07. The fourth-order valence-corrected chi connectivity index (χ4v) is 2.62. The number of carboxylic acids is 1. The second kappa shape index (κ2) is 7.59. The van der Waals surface area contributed by atoms with E-state index in [1.54, 1.807) is 7.11 Å². The smallest absolute Gasteiger partial charge is 0.308 e. The Morgan fingerprint density at radius 3 is 2.40 bits per heavy atom. The van der Waals surface area contributed by atoms with E-state index in [0.29, 0.717) is 19.4 Å². The minimum absolute atomic E-state index is 0.0146. The molecule has 1 saturated heterocycles. The van der Waals surface area contributed by atoms with Gasteiger partial charge in [-0.25, -0.2) is 0 Å². The summed E-state index contributed by atoms with van der Waals surface area (Å²) in [6.07, 6.45) is 1.43. The molecule has 0 aromatic rings. The molecule has 0 aromatic heterocycles. The lowest BCUT2D eigenvalue weighted by atomic mass is 9.78. The van der Waals surface area contributed by atoms with Crippen molar-refractivity contribution in [2.45, 2.75) is 26.7 Å². The SMILES string of the molecule is COCC1(C(=O)NCC(C(=O)O)C(C)C)CCNCC1. The number of hydrogen-bond acceptors (Lipinski definition) is 4. The fourth-order valence-electron chi connectivity index (χ4n) is 2.62. The summed E-state index contributed by atoms with van der Waals surface area (Å²) in [5, 5.41) is 15.2. The quantitative estimate of drug-likeness (QED) is 0.633. The molecule has 20 heavy (non-hydrogen) atoms. The lowest BCUT2D eigenvalue weighted by molar-refractivity contribution is -0.144. The fraction of sp³-hybridized carbons (Fsp3) is 0.857. The number of piperidine rings is 1. The van der Waals surface area contributed by atoms with Crippen LogP contribution >= 0.6 is 0 Å². The van der Waals surface area contributed by atoms with Gasteiger partial charge in [0.25, 0.3) is 0 Å². The van der Waals surface area contributed by atoms with Crippen LogP contribution in [0.25, 0.3) is 0 Å². The summed E-state index contributed by atoms with van der Waals surface area (Å²) in [5.74, 6) is -1.53. The van der Waals surface area contributed by atoms with Gasteiger partial charge >= 0.3 is 5.97 Å². The van der Waals surface area contributed by atoms with Gasteiger partial charge in [0, 0.05) is 13.7 Å². The molecular weight excluding hydrogens is 260 g/mol. The Kier molecular flexibility index (Phi) is 6.42. The molecule has 0 spiro atoms. The predicted octanol–water partition coefficient (Wildman–Crippen LogP) is 0.476. The minimum atomic E-state index is -0.869. The highest BCUT2D eigenvalue weighted by molar-refractivity contribution is 5.83. The predicted molar refractivity (Wildman–Crippen MR) is 75.4 cm³/mol. The zero-order valence-corrected chi connectivity index (χ0v) is 12.6. The zero-order chi connectivity index (χ0) is 15.2. The van der Waals surface area contributed by atoms with Gasteiger partial charge in [0.05, 0.1) is 17.9 Å². The Morgan fingerprint density at radius 1 is 1.35 bits per heavy atom. The topological polar surface area (TPSA) is 87.7 Å². The van der Waals surface area contributed by atoms with Crippen LogP contribution in [0.15, 0.2) is 0 Å². The third kappa shape index (κ3) is 4.18. The summed E-state index contributed by atoms with van der Waals surface area (Å²) in [4.78, 5) is 23.6. The number of ether oxygens (including phenoxy) is 1. The Balaban J connectivity index is 2.64. The number of rotatable bonds is 7. The molecule has 1 fully saturated rings. The van der Waals surface area contributed by atoms with Crippen LogP contribution in [0, 0.1) is 17.3 Å². The van der Waals surface area contributed by atoms with Crippen LogP contribution in [0.2, 0.25) is 0 Å². The number of carbonyl (C=O) groups is 2. The largest absolute Gasteiger partial charge is 0.481 e. The molecule has 0 radical (unpaired) electrons. The molecule has 1 atom stereocenters. The third-order valence-corrected chi connectivity index (χ3v) is 4.07. The molecule has 0 aromatic carbocycles. The molecule has 6 heteroatoms. The second-order valence-electron chi connectivity index (χ2n) is 5.86. The molecule has 1 amide bonds. The maximum absolute atomic E-state index is 12.4. The van der Waals surface area contributed by atoms with Crippen molar-refractivity contribution in [2.75, 3.05) is 33.4 Å². The van der Waals surface area contributed by atoms with E-state index in [-0.39, 0.29) is 18.4 Å². The summed E-state index contributed by atoms with van der Waals surface area (Å²) < 4.78 is 5.20. The van der Waals surface area contributed by atoms with Crippen molar-refractivity contribution in [3.05, 3.63) is 0 Å². The Morgan fingerprint density at radius 2 is 1.95 bits per heavy atom. The van der Waals surface area contributed by atoms with Crippen molar-refractivity contribution in [3.63, 3.8) is 0 Å². The van der Waals surface area contributed by atoms with Crippen molar-refractivity contribution in [2.24, 2.45) is 17.3 Å². The summed E-state index contributed by atoms with van der Waals surface area (Å²) in [6.45, 7) is 5.80. The Bertz CT molecular complexity index is 333. The molecule has 1 heterocycles. The molecule has 0 bridgehead atoms. The van der Waals surface area contributed by atoms with Crippen LogP contribution in [0.5, 0.6) is 0 Å². The molecule has 0 aliphatic carbocycles. The molecule has 1 unspecified atom stereocenters. The highest BCUT2D eigenvalue weighted by Crippen LogP contribution is 2.29. The van der Waals surface area contributed by atoms with E-state index in [2.05, 4.69) is 10.6 Å². The van der Waals surface area contributed by atoms with Crippen molar-refractivity contribution in [1.29, 1.82) is 0 Å². The van der Waals surface area contributed by atoms with Gasteiger partial charge in [0.2, 0.25) is 5.91 Å². The van der Waals surface area contributed by atoms with E-state index < -0.39 is 17.3 Å². The summed E-state index contributed by atoms with van der Waals surface area (Å²) in [5.41, 5.74) is -0.528. The van der Waals surface area contributed by atoms with Crippen LogP contribution in [0.4, 0.5) is 0 Å². The van der Waals surface area contributed by atoms with Crippen LogP contribution in [0.1, 0.15) is 26.7 Å². The van der Waals surface area contributed by atoms with Crippen LogP contribution in [-0.4, -0.2) is 50.3 Å². The van der Waals surface area contributed by atoms with Crippen molar-refractivity contribution in [3.8, 4) is 0 Å². The Hall–Kier alpha value is -1.14. The normalized spacial score (nSPS) is 19.6. The van der Waals surface area contributed by atoms with Gasteiger partial charge in [-0.1, -0.05) is 13.8 Å². The van der Waals surface area contributed by atoms with Crippen LogP contribution in [0.3, 0.4) is 0 Å². The van der Waals surface area contributed by atoms with E-state index in [4.69, 9.17) is 9.84 Å². The highest BCUT2D eigenvalue weighted by Gasteiger charge is 2.40. The van der Waals surface area contributed by atoms with Gasteiger partial charge in [-0.3, -0.25) is 9.59 Å². The number of aliphatic carboxylic acids is 1. The summed E-state index contributed by atoms with van der Waals surface area (Å²) in [7, 11) is 1.59. The second-order valence-corrected chi connectivity index (χ2v) is 5.86. The van der Waals surface area contributed by atoms with Crippen molar-refractivity contribution >= 4 is 11.9 Å². The molecule has 3 N–H and O–H groups in total. The van der Waals surface area contributed by atoms with E-state index in [9.17, 15) is 9.59 Å². The first-order chi connectivity index (χ1) is 9.43. The van der Waals surface area contributed by atoms with E-state index in [1.807, 2.05) is 13.8 Å². The van der Waals surface area contributed by atoms with Gasteiger partial charge in [0.1, 0.15) is 0 Å². The number of nitrogens with one attached hydrogen (secondary N) is 2. The lowest BCUT2D eigenvalue weighted by Gasteiger charge is -2.36. The van der Waals surface area contributed by atoms with Crippen LogP contribution < -0.4 is 10.6 Å². The van der Waals surface area contributed by atoms with Gasteiger partial charge in [0.15, 0.2) is 0 Å². The average molecular weight is 286 g/mol. The van der Waals surface area contributed by atoms with E-state index in [1.165, 1.54) is 0 Å². The molecule has 116 valence electrons. The molecular formula is C14H26N2O4. The lowest BCUT2D eigenvalue weighted by Crippen LogP contribution is -2.51. The highest BCUT2D eigenvalue weighted by atomic mass is 16.5. The van der Waals surface area contributed by atoms with E-state index in [0.717, 1.165) is 13.1 Å². The first-order valence-electron chi connectivity index (χ1n) is 7.14. The number of methoxy groups -OCH3 is 1. The standard InChI is InChI=1S/C14H26N2O4/c1-10(2)11(12(17)18)8-16-13(19)14(9-20-3)4-6-15-7-5-14/h10-11,15H,4-9H2,1-3H3,(H,16,19)(H,17,18). The van der Waals surface area contributed by atoms with Gasteiger partial charge in [-0.15, -0.1) is 0 Å². The summed E-state index contributed by atoms with van der Waals surface area (Å²) >= 11 is 0. The number of amides is 1. The van der Waals surface area contributed by atoms with Gasteiger partial charge in [-0.05, 0) is 31.8 Å². The number of carboxylic acid groups (broad SMARTS) is 1. The molecule has 1 aliphatic heterocycles. The van der Waals surface area contributed by atoms with Crippen molar-refractivity contribution < 1.29 is 19.4 Å². The maximum atomic E-state index is 12.4. The van der Waals surface area contributed by atoms with Crippen molar-refractivity contribution in [1.82, 2.24) is 10.6 Å². The minimum Gasteiger partial charge on any atom is -0.481 e. The molecule has 6 nitrogen and oxygen atoms in total. The molecule has 0 saturated carbocycles. The van der Waals surface area contributed by atoms with E-state index >= 15 is 0 Å². The average Bonchev–Trinajstić information content (AvgIpc) is 2.39. The summed E-state index contributed by atoms with van der Waals surface area (Å²) in [6, 6.07) is 0. The molecule has 1 aliphatic rings. The van der Waals surface area contributed by atoms with Gasteiger partial charge in [-0.2, -0.15) is 0 Å². The number of hydrogen-bond donors (Lipinski definition) is 3. The zero-order valence-electron chi connectivity index (χ0n) is 12.6. The first kappa shape index (κ1) is 16.9. The van der Waals surface area contributed by atoms with Gasteiger partial charge < -0.3 is 20.5 Å². The maximum Gasteiger partial charge on any atom is 0.308 e. The Labute approximate surface area is 120 Å². The first-order valence-corrected chi connectivity index (χ1v) is 7.14. The monoisotopic (exact) mass is 286 g/mol. The van der Waals surface area contributed by atoms with Crippen LogP contribution in [-0.2, 0) is 14.3 Å². The number of carbonyl (C=O) groups excluding carboxylic acids is 1. The molecule has 1 rings (SSSR count).